The van der Waals surface area contributed by atoms with Gasteiger partial charge in [-0.3, -0.25) is 0 Å². The number of benzene rings is 1. The summed E-state index contributed by atoms with van der Waals surface area (Å²) in [6.45, 7) is 4.32. The maximum absolute atomic E-state index is 12.9. The van der Waals surface area contributed by atoms with Crippen molar-refractivity contribution in [3.8, 4) is 0 Å². The summed E-state index contributed by atoms with van der Waals surface area (Å²) in [6, 6.07) is 4.10. The van der Waals surface area contributed by atoms with Crippen LogP contribution >= 0.6 is 0 Å². The zero-order chi connectivity index (χ0) is 13.4. The van der Waals surface area contributed by atoms with Gasteiger partial charge in [-0.25, -0.2) is 9.18 Å². The van der Waals surface area contributed by atoms with Gasteiger partial charge in [0.25, 0.3) is 0 Å². The van der Waals surface area contributed by atoms with Crippen LogP contribution in [0, 0.1) is 12.7 Å². The van der Waals surface area contributed by atoms with Gasteiger partial charge in [0.05, 0.1) is 12.2 Å². The average molecular weight is 252 g/mol. The molecule has 18 heavy (non-hydrogen) atoms. The third kappa shape index (κ3) is 4.86. The standard InChI is InChI=1S/C15H21FO2/c1-3-4-5-6-7-10-18-15(17)14-9-8-13(16)11-12(14)2/h8-9,11H,3-7,10H2,1-2H3. The first-order valence-electron chi connectivity index (χ1n) is 6.58. The smallest absolute Gasteiger partial charge is 0.338 e. The van der Waals surface area contributed by atoms with Crippen LogP contribution in [0.15, 0.2) is 18.2 Å². The molecule has 0 atom stereocenters. The quantitative estimate of drug-likeness (QED) is 0.535. The number of rotatable bonds is 7. The monoisotopic (exact) mass is 252 g/mol. The van der Waals surface area contributed by atoms with E-state index in [0.717, 1.165) is 12.8 Å². The van der Waals surface area contributed by atoms with Gasteiger partial charge in [0.15, 0.2) is 0 Å². The van der Waals surface area contributed by atoms with Crippen molar-refractivity contribution in [2.75, 3.05) is 6.61 Å². The molecule has 0 N–H and O–H groups in total. The van der Waals surface area contributed by atoms with E-state index in [1.807, 2.05) is 0 Å². The first kappa shape index (κ1) is 14.7. The molecule has 1 aromatic rings. The summed E-state index contributed by atoms with van der Waals surface area (Å²) in [5, 5.41) is 0. The summed E-state index contributed by atoms with van der Waals surface area (Å²) < 4.78 is 18.1. The molecule has 0 aromatic heterocycles. The number of carbonyl (C=O) groups excluding carboxylic acids is 1. The summed E-state index contributed by atoms with van der Waals surface area (Å²) in [5.41, 5.74) is 1.07. The molecule has 1 aromatic carbocycles. The van der Waals surface area contributed by atoms with Crippen molar-refractivity contribution in [1.29, 1.82) is 0 Å². The maximum atomic E-state index is 12.9. The van der Waals surface area contributed by atoms with Crippen LogP contribution in [0.4, 0.5) is 4.39 Å². The molecule has 0 spiro atoms. The van der Waals surface area contributed by atoms with Crippen LogP contribution in [0.3, 0.4) is 0 Å². The fraction of sp³-hybridized carbons (Fsp3) is 0.533. The Kier molecular flexibility index (Phi) is 6.40. The van der Waals surface area contributed by atoms with Crippen LogP contribution in [0.1, 0.15) is 54.9 Å². The summed E-state index contributed by atoms with van der Waals surface area (Å²) in [7, 11) is 0. The number of ether oxygens (including phenoxy) is 1. The lowest BCUT2D eigenvalue weighted by Crippen LogP contribution is -2.08. The molecule has 0 aliphatic carbocycles. The lowest BCUT2D eigenvalue weighted by atomic mass is 10.1. The van der Waals surface area contributed by atoms with Crippen molar-refractivity contribution in [3.63, 3.8) is 0 Å². The Labute approximate surface area is 108 Å². The minimum atomic E-state index is -0.358. The third-order valence-electron chi connectivity index (χ3n) is 2.89. The van der Waals surface area contributed by atoms with Gasteiger partial charge in [-0.1, -0.05) is 32.6 Å². The average Bonchev–Trinajstić information content (AvgIpc) is 2.33. The summed E-state index contributed by atoms with van der Waals surface area (Å²) in [5.74, 6) is -0.688. The van der Waals surface area contributed by atoms with Crippen LogP contribution in [-0.2, 0) is 4.74 Å². The second kappa shape index (κ2) is 7.85. The Hall–Kier alpha value is -1.38. The van der Waals surface area contributed by atoms with Gasteiger partial charge in [0, 0.05) is 0 Å². The van der Waals surface area contributed by atoms with Crippen molar-refractivity contribution < 1.29 is 13.9 Å². The van der Waals surface area contributed by atoms with Crippen LogP contribution in [0.5, 0.6) is 0 Å². The molecule has 0 unspecified atom stereocenters. The topological polar surface area (TPSA) is 26.3 Å². The largest absolute Gasteiger partial charge is 0.462 e. The molecule has 0 aliphatic heterocycles. The van der Waals surface area contributed by atoms with E-state index >= 15 is 0 Å². The highest BCUT2D eigenvalue weighted by Crippen LogP contribution is 2.12. The Morgan fingerprint density at radius 2 is 1.94 bits per heavy atom. The second-order valence-corrected chi connectivity index (χ2v) is 4.51. The van der Waals surface area contributed by atoms with Gasteiger partial charge in [-0.2, -0.15) is 0 Å². The number of unbranched alkanes of at least 4 members (excludes halogenated alkanes) is 4. The molecule has 1 rings (SSSR count). The fourth-order valence-electron chi connectivity index (χ4n) is 1.80. The summed E-state index contributed by atoms with van der Waals surface area (Å²) >= 11 is 0. The summed E-state index contributed by atoms with van der Waals surface area (Å²) in [4.78, 5) is 11.7. The Morgan fingerprint density at radius 1 is 1.22 bits per heavy atom. The lowest BCUT2D eigenvalue weighted by Gasteiger charge is -2.07. The van der Waals surface area contributed by atoms with E-state index in [4.69, 9.17) is 4.74 Å². The van der Waals surface area contributed by atoms with Crippen molar-refractivity contribution in [1.82, 2.24) is 0 Å². The zero-order valence-corrected chi connectivity index (χ0v) is 11.2. The van der Waals surface area contributed by atoms with Crippen LogP contribution < -0.4 is 0 Å². The molecule has 0 saturated heterocycles. The number of hydrogen-bond donors (Lipinski definition) is 0. The Bertz CT molecular complexity index is 388. The van der Waals surface area contributed by atoms with E-state index in [1.54, 1.807) is 6.92 Å². The van der Waals surface area contributed by atoms with E-state index in [-0.39, 0.29) is 11.8 Å². The van der Waals surface area contributed by atoms with Gasteiger partial charge in [-0.15, -0.1) is 0 Å². The molecule has 0 heterocycles. The minimum Gasteiger partial charge on any atom is -0.462 e. The number of carbonyl (C=O) groups is 1. The molecule has 0 radical (unpaired) electrons. The predicted octanol–water partition coefficient (Wildman–Crippen LogP) is 4.26. The summed E-state index contributed by atoms with van der Waals surface area (Å²) in [6.07, 6.45) is 5.60. The van der Waals surface area contributed by atoms with Crippen LogP contribution in [0.25, 0.3) is 0 Å². The zero-order valence-electron chi connectivity index (χ0n) is 11.2. The highest BCUT2D eigenvalue weighted by atomic mass is 19.1. The van der Waals surface area contributed by atoms with Gasteiger partial charge in [0.1, 0.15) is 5.82 Å². The SMILES string of the molecule is CCCCCCCOC(=O)c1ccc(F)cc1C. The molecule has 100 valence electrons. The van der Waals surface area contributed by atoms with E-state index in [9.17, 15) is 9.18 Å². The second-order valence-electron chi connectivity index (χ2n) is 4.51. The van der Waals surface area contributed by atoms with Gasteiger partial charge < -0.3 is 4.74 Å². The molecular formula is C15H21FO2. The van der Waals surface area contributed by atoms with E-state index in [1.165, 1.54) is 37.5 Å². The molecule has 3 heteroatoms. The molecule has 0 fully saturated rings. The number of aryl methyl sites for hydroxylation is 1. The Balaban J connectivity index is 2.32. The van der Waals surface area contributed by atoms with E-state index in [0.29, 0.717) is 17.7 Å². The lowest BCUT2D eigenvalue weighted by molar-refractivity contribution is 0.0497. The molecule has 0 bridgehead atoms. The van der Waals surface area contributed by atoms with Gasteiger partial charge in [0.2, 0.25) is 0 Å². The Morgan fingerprint density at radius 3 is 2.61 bits per heavy atom. The van der Waals surface area contributed by atoms with Crippen molar-refractivity contribution in [2.45, 2.75) is 46.0 Å². The number of hydrogen-bond acceptors (Lipinski definition) is 2. The van der Waals surface area contributed by atoms with Crippen molar-refractivity contribution in [3.05, 3.63) is 35.1 Å². The fourth-order valence-corrected chi connectivity index (χ4v) is 1.80. The molecule has 0 saturated carbocycles. The molecular weight excluding hydrogens is 231 g/mol. The number of halogens is 1. The third-order valence-corrected chi connectivity index (χ3v) is 2.89. The van der Waals surface area contributed by atoms with E-state index < -0.39 is 0 Å². The van der Waals surface area contributed by atoms with Crippen LogP contribution in [-0.4, -0.2) is 12.6 Å². The molecule has 2 nitrogen and oxygen atoms in total. The highest BCUT2D eigenvalue weighted by Gasteiger charge is 2.10. The van der Waals surface area contributed by atoms with Gasteiger partial charge >= 0.3 is 5.97 Å². The molecule has 0 amide bonds. The highest BCUT2D eigenvalue weighted by molar-refractivity contribution is 5.90. The van der Waals surface area contributed by atoms with Gasteiger partial charge in [-0.05, 0) is 37.1 Å². The number of esters is 1. The first-order chi connectivity index (χ1) is 8.65. The van der Waals surface area contributed by atoms with Crippen molar-refractivity contribution in [2.24, 2.45) is 0 Å². The normalized spacial score (nSPS) is 10.4. The van der Waals surface area contributed by atoms with E-state index in [2.05, 4.69) is 6.92 Å². The maximum Gasteiger partial charge on any atom is 0.338 e. The van der Waals surface area contributed by atoms with Crippen LogP contribution in [0.2, 0.25) is 0 Å². The minimum absolute atomic E-state index is 0.330. The molecule has 0 aliphatic rings. The van der Waals surface area contributed by atoms with Crippen molar-refractivity contribution >= 4 is 5.97 Å². The first-order valence-corrected chi connectivity index (χ1v) is 6.58. The predicted molar refractivity (Wildman–Crippen MR) is 70.2 cm³/mol.